The van der Waals surface area contributed by atoms with Crippen LogP contribution in [-0.2, 0) is 11.3 Å². The Balaban J connectivity index is 1.93. The number of carbonyl (C=O) groups excluding carboxylic acids is 1. The topological polar surface area (TPSA) is 59.3 Å². The lowest BCUT2D eigenvalue weighted by molar-refractivity contribution is -0.117. The maximum absolute atomic E-state index is 11.9. The molecule has 2 aromatic rings. The molecule has 0 saturated heterocycles. The van der Waals surface area contributed by atoms with E-state index < -0.39 is 0 Å². The molecule has 0 aliphatic heterocycles. The molecule has 1 N–H and O–H groups in total. The molecule has 5 heteroatoms. The highest BCUT2D eigenvalue weighted by atomic mass is 16.2. The summed E-state index contributed by atoms with van der Waals surface area (Å²) in [6, 6.07) is 9.69. The van der Waals surface area contributed by atoms with Gasteiger partial charge in [0.1, 0.15) is 0 Å². The van der Waals surface area contributed by atoms with E-state index in [0.717, 1.165) is 17.7 Å². The van der Waals surface area contributed by atoms with E-state index in [1.165, 1.54) is 0 Å². The summed E-state index contributed by atoms with van der Waals surface area (Å²) in [6.07, 6.45) is 6.96. The predicted molar refractivity (Wildman–Crippen MR) is 83.7 cm³/mol. The lowest BCUT2D eigenvalue weighted by Gasteiger charge is -1.99. The third-order valence-corrected chi connectivity index (χ3v) is 2.90. The zero-order valence-corrected chi connectivity index (χ0v) is 12.2. The van der Waals surface area contributed by atoms with Crippen LogP contribution in [0.25, 0.3) is 6.08 Å². The van der Waals surface area contributed by atoms with Gasteiger partial charge in [-0.1, -0.05) is 30.3 Å². The number of nitrogens with one attached hydrogen (secondary N) is 1. The molecule has 0 aliphatic rings. The van der Waals surface area contributed by atoms with E-state index >= 15 is 0 Å². The Morgan fingerprint density at radius 3 is 2.76 bits per heavy atom. The molecule has 1 heterocycles. The zero-order chi connectivity index (χ0) is 15.1. The van der Waals surface area contributed by atoms with Gasteiger partial charge in [0.05, 0.1) is 12.4 Å². The van der Waals surface area contributed by atoms with Gasteiger partial charge < -0.3 is 0 Å². The largest absolute Gasteiger partial charge is 0.272 e. The summed E-state index contributed by atoms with van der Waals surface area (Å²) in [5.74, 6) is -0.224. The monoisotopic (exact) mass is 282 g/mol. The highest BCUT2D eigenvalue weighted by Crippen LogP contribution is 2.05. The van der Waals surface area contributed by atoms with Crippen LogP contribution in [0.4, 0.5) is 0 Å². The van der Waals surface area contributed by atoms with E-state index in [4.69, 9.17) is 0 Å². The average Bonchev–Trinajstić information content (AvgIpc) is 2.96. The molecule has 0 unspecified atom stereocenters. The van der Waals surface area contributed by atoms with Gasteiger partial charge in [-0.15, -0.1) is 0 Å². The Morgan fingerprint density at radius 1 is 1.33 bits per heavy atom. The molecule has 108 valence electrons. The first-order valence-electron chi connectivity index (χ1n) is 6.78. The summed E-state index contributed by atoms with van der Waals surface area (Å²) < 4.78 is 1.80. The predicted octanol–water partition coefficient (Wildman–Crippen LogP) is 2.46. The molecule has 0 aliphatic carbocycles. The minimum absolute atomic E-state index is 0.224. The first kappa shape index (κ1) is 14.7. The molecule has 0 spiro atoms. The maximum Gasteiger partial charge on any atom is 0.267 e. The van der Waals surface area contributed by atoms with Gasteiger partial charge in [0.2, 0.25) is 0 Å². The molecule has 0 radical (unpaired) electrons. The van der Waals surface area contributed by atoms with Gasteiger partial charge in [0.15, 0.2) is 0 Å². The second-order valence-electron chi connectivity index (χ2n) is 4.57. The van der Waals surface area contributed by atoms with Crippen LogP contribution in [0.3, 0.4) is 0 Å². The van der Waals surface area contributed by atoms with Crippen molar-refractivity contribution in [2.24, 2.45) is 5.10 Å². The van der Waals surface area contributed by atoms with E-state index in [-0.39, 0.29) is 5.91 Å². The first-order chi connectivity index (χ1) is 10.2. The molecule has 1 aromatic heterocycles. The molecule has 1 amide bonds. The molecule has 0 bridgehead atoms. The van der Waals surface area contributed by atoms with E-state index in [1.54, 1.807) is 24.0 Å². The second kappa shape index (κ2) is 7.19. The number of hydrogen-bond acceptors (Lipinski definition) is 3. The van der Waals surface area contributed by atoms with Gasteiger partial charge in [-0.25, -0.2) is 5.43 Å². The average molecular weight is 282 g/mol. The van der Waals surface area contributed by atoms with E-state index in [1.807, 2.05) is 49.5 Å². The van der Waals surface area contributed by atoms with Crippen molar-refractivity contribution >= 4 is 18.2 Å². The van der Waals surface area contributed by atoms with Crippen molar-refractivity contribution in [2.45, 2.75) is 20.4 Å². The number of amides is 1. The third-order valence-electron chi connectivity index (χ3n) is 2.90. The van der Waals surface area contributed by atoms with Crippen molar-refractivity contribution in [1.29, 1.82) is 0 Å². The number of hydrogen-bond donors (Lipinski definition) is 1. The van der Waals surface area contributed by atoms with Gasteiger partial charge in [-0.2, -0.15) is 10.2 Å². The number of benzene rings is 1. The number of nitrogens with zero attached hydrogens (tertiary/aromatic N) is 3. The van der Waals surface area contributed by atoms with Crippen LogP contribution in [0.2, 0.25) is 0 Å². The SMILES string of the molecule is CCn1cc(/C=N/NC(=O)/C(C)=C/c2ccccc2)cn1. The van der Waals surface area contributed by atoms with Crippen LogP contribution in [0, 0.1) is 0 Å². The molecular formula is C16H18N4O. The van der Waals surface area contributed by atoms with Gasteiger partial charge >= 0.3 is 0 Å². The summed E-state index contributed by atoms with van der Waals surface area (Å²) in [7, 11) is 0. The molecular weight excluding hydrogens is 264 g/mol. The highest BCUT2D eigenvalue weighted by Gasteiger charge is 2.02. The summed E-state index contributed by atoms with van der Waals surface area (Å²) in [5.41, 5.74) is 4.94. The number of aromatic nitrogens is 2. The van der Waals surface area contributed by atoms with Crippen LogP contribution >= 0.6 is 0 Å². The Labute approximate surface area is 124 Å². The Morgan fingerprint density at radius 2 is 2.10 bits per heavy atom. The van der Waals surface area contributed by atoms with Crippen molar-refractivity contribution in [2.75, 3.05) is 0 Å². The molecule has 2 rings (SSSR count). The summed E-state index contributed by atoms with van der Waals surface area (Å²) in [4.78, 5) is 11.9. The Hall–Kier alpha value is -2.69. The lowest BCUT2D eigenvalue weighted by atomic mass is 10.1. The molecule has 21 heavy (non-hydrogen) atoms. The van der Waals surface area contributed by atoms with Crippen molar-refractivity contribution in [3.8, 4) is 0 Å². The van der Waals surface area contributed by atoms with Crippen LogP contribution in [0.5, 0.6) is 0 Å². The lowest BCUT2D eigenvalue weighted by Crippen LogP contribution is -2.18. The third kappa shape index (κ3) is 4.42. The van der Waals surface area contributed by atoms with E-state index in [9.17, 15) is 4.79 Å². The molecule has 0 saturated carbocycles. The van der Waals surface area contributed by atoms with Crippen LogP contribution in [-0.4, -0.2) is 21.9 Å². The Kier molecular flexibility index (Phi) is 5.04. The van der Waals surface area contributed by atoms with Crippen molar-refractivity contribution < 1.29 is 4.79 Å². The van der Waals surface area contributed by atoms with Crippen molar-refractivity contribution in [1.82, 2.24) is 15.2 Å². The van der Waals surface area contributed by atoms with E-state index in [2.05, 4.69) is 15.6 Å². The van der Waals surface area contributed by atoms with Crippen LogP contribution < -0.4 is 5.43 Å². The number of rotatable bonds is 5. The fraction of sp³-hybridized carbons (Fsp3) is 0.188. The summed E-state index contributed by atoms with van der Waals surface area (Å²) in [5, 5.41) is 8.06. The van der Waals surface area contributed by atoms with Gasteiger partial charge in [-0.05, 0) is 25.5 Å². The second-order valence-corrected chi connectivity index (χ2v) is 4.57. The van der Waals surface area contributed by atoms with Gasteiger partial charge in [-0.3, -0.25) is 9.48 Å². The fourth-order valence-electron chi connectivity index (χ4n) is 1.74. The quantitative estimate of drug-likeness (QED) is 0.520. The van der Waals surface area contributed by atoms with Gasteiger partial charge in [0.25, 0.3) is 5.91 Å². The highest BCUT2D eigenvalue weighted by molar-refractivity contribution is 5.97. The summed E-state index contributed by atoms with van der Waals surface area (Å²) in [6.45, 7) is 4.57. The van der Waals surface area contributed by atoms with Crippen LogP contribution in [0.15, 0.2) is 53.4 Å². The maximum atomic E-state index is 11.9. The van der Waals surface area contributed by atoms with Crippen LogP contribution in [0.1, 0.15) is 25.0 Å². The number of aryl methyl sites for hydroxylation is 1. The van der Waals surface area contributed by atoms with Crippen molar-refractivity contribution in [3.05, 3.63) is 59.4 Å². The molecule has 1 aromatic carbocycles. The summed E-state index contributed by atoms with van der Waals surface area (Å²) >= 11 is 0. The minimum Gasteiger partial charge on any atom is -0.272 e. The Bertz CT molecular complexity index is 656. The molecule has 0 atom stereocenters. The van der Waals surface area contributed by atoms with Crippen molar-refractivity contribution in [3.63, 3.8) is 0 Å². The number of carbonyl (C=O) groups is 1. The molecule has 0 fully saturated rings. The smallest absolute Gasteiger partial charge is 0.267 e. The zero-order valence-electron chi connectivity index (χ0n) is 12.2. The number of hydrazone groups is 1. The van der Waals surface area contributed by atoms with Gasteiger partial charge in [0, 0.05) is 23.9 Å². The minimum atomic E-state index is -0.224. The normalized spacial score (nSPS) is 11.8. The van der Waals surface area contributed by atoms with E-state index in [0.29, 0.717) is 5.57 Å². The molecule has 5 nitrogen and oxygen atoms in total. The standard InChI is InChI=1S/C16H18N4O/c1-3-20-12-15(11-18-20)10-17-19-16(21)13(2)9-14-7-5-4-6-8-14/h4-12H,3H2,1-2H3,(H,19,21)/b13-9+,17-10+. The first-order valence-corrected chi connectivity index (χ1v) is 6.78. The fourth-order valence-corrected chi connectivity index (χ4v) is 1.74.